The Bertz CT molecular complexity index is 914. The molecule has 2 aromatic heterocycles. The minimum Gasteiger partial charge on any atom is -0.396 e. The van der Waals surface area contributed by atoms with Crippen LogP contribution in [-0.2, 0) is 23.8 Å². The number of anilines is 1. The van der Waals surface area contributed by atoms with Gasteiger partial charge in [-0.25, -0.2) is 9.97 Å². The molecule has 2 fully saturated rings. The van der Waals surface area contributed by atoms with Crippen molar-refractivity contribution in [1.82, 2.24) is 19.7 Å². The van der Waals surface area contributed by atoms with E-state index in [1.807, 2.05) is 4.68 Å². The Morgan fingerprint density at radius 1 is 1.24 bits per heavy atom. The van der Waals surface area contributed by atoms with Crippen LogP contribution >= 0.6 is 11.6 Å². The molecule has 2 aliphatic heterocycles. The molecular weight excluding hydrogens is 410 g/mol. The second-order valence-electron chi connectivity index (χ2n) is 8.60. The highest BCUT2D eigenvalue weighted by Gasteiger charge is 2.40. The number of piperidine rings is 1. The van der Waals surface area contributed by atoms with E-state index < -0.39 is 10.8 Å². The van der Waals surface area contributed by atoms with Gasteiger partial charge in [0, 0.05) is 48.1 Å². The van der Waals surface area contributed by atoms with Gasteiger partial charge in [-0.3, -0.25) is 8.89 Å². The summed E-state index contributed by atoms with van der Waals surface area (Å²) in [5.41, 5.74) is 1.07. The van der Waals surface area contributed by atoms with Crippen molar-refractivity contribution in [2.24, 2.45) is 5.41 Å². The molecule has 5 rings (SSSR count). The van der Waals surface area contributed by atoms with Crippen LogP contribution in [0, 0.1) is 5.41 Å². The first-order valence-corrected chi connectivity index (χ1v) is 12.1. The van der Waals surface area contributed by atoms with Gasteiger partial charge in [-0.05, 0) is 32.1 Å². The molecule has 0 aromatic carbocycles. The van der Waals surface area contributed by atoms with E-state index in [-0.39, 0.29) is 12.0 Å². The van der Waals surface area contributed by atoms with Gasteiger partial charge >= 0.3 is 0 Å². The maximum absolute atomic E-state index is 12.7. The average molecular weight is 436 g/mol. The second-order valence-corrected chi connectivity index (χ2v) is 10.5. The molecule has 2 aromatic rings. The fourth-order valence-corrected chi connectivity index (χ4v) is 6.33. The zero-order valence-electron chi connectivity index (χ0n) is 16.4. The highest BCUT2D eigenvalue weighted by molar-refractivity contribution is 7.85. The van der Waals surface area contributed by atoms with Crippen LogP contribution in [0.25, 0.3) is 0 Å². The van der Waals surface area contributed by atoms with Crippen LogP contribution in [0.5, 0.6) is 0 Å². The van der Waals surface area contributed by atoms with Gasteiger partial charge in [-0.15, -0.1) is 0 Å². The third kappa shape index (κ3) is 3.49. The number of hydrogen-bond acceptors (Lipinski definition) is 6. The Kier molecular flexibility index (Phi) is 5.12. The number of aliphatic hydroxyl groups excluding tert-OH is 1. The van der Waals surface area contributed by atoms with E-state index in [2.05, 4.69) is 14.9 Å². The first-order chi connectivity index (χ1) is 14.1. The monoisotopic (exact) mass is 435 g/mol. The van der Waals surface area contributed by atoms with Crippen molar-refractivity contribution in [1.29, 1.82) is 0 Å². The van der Waals surface area contributed by atoms with E-state index in [1.54, 1.807) is 12.4 Å². The van der Waals surface area contributed by atoms with Gasteiger partial charge < -0.3 is 10.0 Å². The highest BCUT2D eigenvalue weighted by atomic mass is 35.5. The molecule has 0 bridgehead atoms. The molecule has 3 aliphatic rings. The van der Waals surface area contributed by atoms with Crippen LogP contribution < -0.4 is 4.90 Å². The van der Waals surface area contributed by atoms with Gasteiger partial charge in [0.1, 0.15) is 10.9 Å². The summed E-state index contributed by atoms with van der Waals surface area (Å²) in [7, 11) is -0.987. The Hall–Kier alpha value is -1.51. The number of aromatic nitrogens is 4. The molecule has 1 saturated heterocycles. The third-order valence-electron chi connectivity index (χ3n) is 6.77. The fourth-order valence-electron chi connectivity index (χ4n) is 4.84. The number of hydrogen-bond donors (Lipinski definition) is 1. The van der Waals surface area contributed by atoms with Crippen LogP contribution in [0.1, 0.15) is 49.4 Å². The van der Waals surface area contributed by atoms with E-state index in [1.165, 1.54) is 0 Å². The molecule has 4 heterocycles. The van der Waals surface area contributed by atoms with Crippen molar-refractivity contribution in [2.45, 2.75) is 56.0 Å². The first-order valence-electron chi connectivity index (χ1n) is 10.4. The predicted molar refractivity (Wildman–Crippen MR) is 112 cm³/mol. The summed E-state index contributed by atoms with van der Waals surface area (Å²) in [4.78, 5) is 11.1. The standard InChI is InChI=1S/C20H26ClN5O2S/c21-15-10-22-17(23-11-15)14-2-7-25(8-3-14)18-16-4-9-29(28)19(16)26(24-18)12-20(13-27)5-1-6-20/h10-11,14,27H,1-9,12-13H2/t29-/m0/s1. The van der Waals surface area contributed by atoms with Crippen LogP contribution in [0.15, 0.2) is 17.4 Å². The van der Waals surface area contributed by atoms with E-state index in [0.717, 1.165) is 73.8 Å². The first kappa shape index (κ1) is 19.5. The fraction of sp³-hybridized carbons (Fsp3) is 0.650. The lowest BCUT2D eigenvalue weighted by molar-refractivity contribution is 0.0219. The van der Waals surface area contributed by atoms with E-state index in [0.29, 0.717) is 23.2 Å². The lowest BCUT2D eigenvalue weighted by atomic mass is 9.69. The molecular formula is C20H26ClN5O2S. The van der Waals surface area contributed by atoms with Crippen LogP contribution in [0.4, 0.5) is 5.82 Å². The molecule has 0 radical (unpaired) electrons. The summed E-state index contributed by atoms with van der Waals surface area (Å²) in [5.74, 6) is 2.87. The van der Waals surface area contributed by atoms with E-state index in [9.17, 15) is 9.32 Å². The van der Waals surface area contributed by atoms with Gasteiger partial charge in [0.2, 0.25) is 0 Å². The molecule has 1 aliphatic carbocycles. The van der Waals surface area contributed by atoms with Crippen LogP contribution in [0.2, 0.25) is 5.02 Å². The summed E-state index contributed by atoms with van der Waals surface area (Å²) in [5, 5.41) is 16.2. The maximum Gasteiger partial charge on any atom is 0.155 e. The minimum absolute atomic E-state index is 0.0806. The number of rotatable bonds is 5. The largest absolute Gasteiger partial charge is 0.396 e. The Morgan fingerprint density at radius 2 is 1.97 bits per heavy atom. The van der Waals surface area contributed by atoms with Crippen molar-refractivity contribution in [2.75, 3.05) is 30.3 Å². The van der Waals surface area contributed by atoms with Gasteiger partial charge in [-0.1, -0.05) is 18.0 Å². The predicted octanol–water partition coefficient (Wildman–Crippen LogP) is 2.54. The van der Waals surface area contributed by atoms with Crippen LogP contribution in [0.3, 0.4) is 0 Å². The molecule has 1 saturated carbocycles. The lowest BCUT2D eigenvalue weighted by Gasteiger charge is -2.40. The van der Waals surface area contributed by atoms with Crippen molar-refractivity contribution in [3.8, 4) is 0 Å². The lowest BCUT2D eigenvalue weighted by Crippen LogP contribution is -2.38. The van der Waals surface area contributed by atoms with Crippen molar-refractivity contribution in [3.05, 3.63) is 28.8 Å². The summed E-state index contributed by atoms with van der Waals surface area (Å²) in [6.45, 7) is 2.62. The highest BCUT2D eigenvalue weighted by Crippen LogP contribution is 2.44. The van der Waals surface area contributed by atoms with Gasteiger partial charge in [0.15, 0.2) is 5.82 Å². The van der Waals surface area contributed by atoms with Gasteiger partial charge in [0.05, 0.1) is 29.0 Å². The smallest absolute Gasteiger partial charge is 0.155 e. The number of aliphatic hydroxyl groups is 1. The number of fused-ring (bicyclic) bond motifs is 1. The molecule has 1 atom stereocenters. The Morgan fingerprint density at radius 3 is 2.59 bits per heavy atom. The molecule has 0 amide bonds. The molecule has 7 nitrogen and oxygen atoms in total. The molecule has 9 heteroatoms. The summed E-state index contributed by atoms with van der Waals surface area (Å²) >= 11 is 5.91. The average Bonchev–Trinajstić information content (AvgIpc) is 3.26. The zero-order valence-corrected chi connectivity index (χ0v) is 18.0. The number of nitrogens with zero attached hydrogens (tertiary/aromatic N) is 5. The molecule has 0 unspecified atom stereocenters. The zero-order chi connectivity index (χ0) is 20.0. The van der Waals surface area contributed by atoms with Crippen molar-refractivity contribution in [3.63, 3.8) is 0 Å². The maximum atomic E-state index is 12.7. The van der Waals surface area contributed by atoms with Crippen molar-refractivity contribution >= 4 is 28.2 Å². The number of halogens is 1. The SMILES string of the molecule is O=[S@]1CCc2c(N3CCC(c4ncc(Cl)cn4)CC3)nn(CC3(CO)CCC3)c21. The van der Waals surface area contributed by atoms with Gasteiger partial charge in [-0.2, -0.15) is 5.10 Å². The summed E-state index contributed by atoms with van der Waals surface area (Å²) < 4.78 is 14.6. The quantitative estimate of drug-likeness (QED) is 0.776. The molecule has 156 valence electrons. The van der Waals surface area contributed by atoms with E-state index >= 15 is 0 Å². The normalized spacial score (nSPS) is 23.8. The van der Waals surface area contributed by atoms with Crippen molar-refractivity contribution < 1.29 is 9.32 Å². The topological polar surface area (TPSA) is 84.1 Å². The minimum atomic E-state index is -0.987. The molecule has 0 spiro atoms. The third-order valence-corrected chi connectivity index (χ3v) is 8.42. The van der Waals surface area contributed by atoms with Crippen LogP contribution in [-0.4, -0.2) is 54.5 Å². The molecule has 1 N–H and O–H groups in total. The summed E-state index contributed by atoms with van der Waals surface area (Å²) in [6, 6.07) is 0. The molecule has 29 heavy (non-hydrogen) atoms. The summed E-state index contributed by atoms with van der Waals surface area (Å²) in [6.07, 6.45) is 9.28. The van der Waals surface area contributed by atoms with E-state index in [4.69, 9.17) is 16.7 Å². The Labute approximate surface area is 177 Å². The second kappa shape index (κ2) is 7.63. The van der Waals surface area contributed by atoms with Gasteiger partial charge in [0.25, 0.3) is 0 Å². The Balaban J connectivity index is 1.35.